The molecule has 18 heavy (non-hydrogen) atoms. The SMILES string of the molecule is CC.CC[C@@H](C)[C@@H](C)C[C@H](C)c1ccc(C)cc1. The van der Waals surface area contributed by atoms with Gasteiger partial charge in [0.25, 0.3) is 0 Å². The number of rotatable bonds is 5. The van der Waals surface area contributed by atoms with Crippen LogP contribution in [0, 0.1) is 18.8 Å². The second-order valence-electron chi connectivity index (χ2n) is 5.41. The van der Waals surface area contributed by atoms with Gasteiger partial charge in [0, 0.05) is 0 Å². The fraction of sp³-hybridized carbons (Fsp3) is 0.667. The zero-order chi connectivity index (χ0) is 14.1. The zero-order valence-electron chi connectivity index (χ0n) is 13.5. The molecule has 0 heteroatoms. The number of benzene rings is 1. The lowest BCUT2D eigenvalue weighted by molar-refractivity contribution is 0.336. The Bertz CT molecular complexity index is 296. The van der Waals surface area contributed by atoms with Crippen molar-refractivity contribution >= 4 is 0 Å². The maximum absolute atomic E-state index is 2.39. The largest absolute Gasteiger partial charge is 0.0683 e. The van der Waals surface area contributed by atoms with Crippen molar-refractivity contribution in [3.63, 3.8) is 0 Å². The molecule has 0 aliphatic carbocycles. The summed E-state index contributed by atoms with van der Waals surface area (Å²) < 4.78 is 0. The molecule has 3 atom stereocenters. The number of aryl methyl sites for hydroxylation is 1. The van der Waals surface area contributed by atoms with Crippen molar-refractivity contribution in [3.8, 4) is 0 Å². The summed E-state index contributed by atoms with van der Waals surface area (Å²) >= 11 is 0. The Morgan fingerprint density at radius 2 is 1.39 bits per heavy atom. The molecule has 0 radical (unpaired) electrons. The normalized spacial score (nSPS) is 15.3. The predicted octanol–water partition coefficient (Wildman–Crippen LogP) is 6.20. The van der Waals surface area contributed by atoms with Gasteiger partial charge in [-0.25, -0.2) is 0 Å². The Kier molecular flexibility index (Phi) is 8.79. The average molecular weight is 248 g/mol. The highest BCUT2D eigenvalue weighted by molar-refractivity contribution is 5.24. The maximum Gasteiger partial charge on any atom is -0.0188 e. The van der Waals surface area contributed by atoms with E-state index in [9.17, 15) is 0 Å². The van der Waals surface area contributed by atoms with Crippen LogP contribution in [0.1, 0.15) is 71.4 Å². The van der Waals surface area contributed by atoms with Crippen LogP contribution in [0.2, 0.25) is 0 Å². The van der Waals surface area contributed by atoms with E-state index in [1.165, 1.54) is 24.0 Å². The summed E-state index contributed by atoms with van der Waals surface area (Å²) in [6.45, 7) is 15.5. The van der Waals surface area contributed by atoms with Crippen LogP contribution >= 0.6 is 0 Å². The lowest BCUT2D eigenvalue weighted by Gasteiger charge is -2.22. The van der Waals surface area contributed by atoms with Gasteiger partial charge in [0.15, 0.2) is 0 Å². The van der Waals surface area contributed by atoms with Crippen molar-refractivity contribution in [1.29, 1.82) is 0 Å². The molecule has 0 saturated carbocycles. The lowest BCUT2D eigenvalue weighted by atomic mass is 9.83. The van der Waals surface area contributed by atoms with Gasteiger partial charge < -0.3 is 0 Å². The highest BCUT2D eigenvalue weighted by Gasteiger charge is 2.15. The second-order valence-corrected chi connectivity index (χ2v) is 5.41. The molecule has 1 aromatic rings. The van der Waals surface area contributed by atoms with E-state index in [1.807, 2.05) is 13.8 Å². The van der Waals surface area contributed by atoms with E-state index >= 15 is 0 Å². The summed E-state index contributed by atoms with van der Waals surface area (Å²) in [5.74, 6) is 2.35. The van der Waals surface area contributed by atoms with Crippen molar-refractivity contribution in [2.75, 3.05) is 0 Å². The van der Waals surface area contributed by atoms with E-state index in [2.05, 4.69) is 58.9 Å². The third-order valence-electron chi connectivity index (χ3n) is 3.99. The van der Waals surface area contributed by atoms with Gasteiger partial charge in [0.2, 0.25) is 0 Å². The molecule has 0 aliphatic heterocycles. The van der Waals surface area contributed by atoms with Crippen LogP contribution in [-0.4, -0.2) is 0 Å². The Morgan fingerprint density at radius 1 is 0.889 bits per heavy atom. The van der Waals surface area contributed by atoms with Crippen molar-refractivity contribution in [3.05, 3.63) is 35.4 Å². The topological polar surface area (TPSA) is 0 Å². The molecule has 1 aromatic carbocycles. The van der Waals surface area contributed by atoms with Gasteiger partial charge in [-0.05, 0) is 36.7 Å². The number of hydrogen-bond donors (Lipinski definition) is 0. The van der Waals surface area contributed by atoms with Crippen LogP contribution in [0.25, 0.3) is 0 Å². The van der Waals surface area contributed by atoms with Crippen LogP contribution in [0.15, 0.2) is 24.3 Å². The van der Waals surface area contributed by atoms with Crippen molar-refractivity contribution < 1.29 is 0 Å². The van der Waals surface area contributed by atoms with E-state index in [-0.39, 0.29) is 0 Å². The van der Waals surface area contributed by atoms with E-state index in [4.69, 9.17) is 0 Å². The lowest BCUT2D eigenvalue weighted by Crippen LogP contribution is -2.10. The van der Waals surface area contributed by atoms with E-state index in [0.29, 0.717) is 5.92 Å². The highest BCUT2D eigenvalue weighted by Crippen LogP contribution is 2.28. The van der Waals surface area contributed by atoms with Crippen LogP contribution < -0.4 is 0 Å². The zero-order valence-corrected chi connectivity index (χ0v) is 13.5. The van der Waals surface area contributed by atoms with Gasteiger partial charge in [0.1, 0.15) is 0 Å². The Balaban J connectivity index is 0.00000137. The molecule has 0 fully saturated rings. The Morgan fingerprint density at radius 3 is 1.83 bits per heavy atom. The van der Waals surface area contributed by atoms with Crippen LogP contribution in [-0.2, 0) is 0 Å². The molecular formula is C18H32. The first-order valence-electron chi connectivity index (χ1n) is 7.61. The third-order valence-corrected chi connectivity index (χ3v) is 3.99. The smallest absolute Gasteiger partial charge is 0.0188 e. The molecule has 0 bridgehead atoms. The summed E-state index contributed by atoms with van der Waals surface area (Å²) in [4.78, 5) is 0. The minimum Gasteiger partial charge on any atom is -0.0683 e. The van der Waals surface area contributed by atoms with Crippen LogP contribution in [0.4, 0.5) is 0 Å². The first-order valence-corrected chi connectivity index (χ1v) is 7.61. The molecule has 104 valence electrons. The molecule has 0 nitrogen and oxygen atoms in total. The van der Waals surface area contributed by atoms with Crippen molar-refractivity contribution in [2.45, 2.75) is 67.2 Å². The Labute approximate surface area is 115 Å². The molecule has 0 heterocycles. The molecule has 0 spiro atoms. The standard InChI is InChI=1S/C16H26.C2H6/c1-6-13(3)14(4)11-15(5)16-9-7-12(2)8-10-16;1-2/h7-10,13-15H,6,11H2,1-5H3;1-2H3/t13-,14+,15+;/m1./s1. The van der Waals surface area contributed by atoms with Gasteiger partial charge in [-0.15, -0.1) is 0 Å². The van der Waals surface area contributed by atoms with E-state index in [0.717, 1.165) is 11.8 Å². The Hall–Kier alpha value is -0.780. The van der Waals surface area contributed by atoms with Gasteiger partial charge in [0.05, 0.1) is 0 Å². The maximum atomic E-state index is 2.39. The van der Waals surface area contributed by atoms with Gasteiger partial charge in [-0.3, -0.25) is 0 Å². The van der Waals surface area contributed by atoms with Crippen molar-refractivity contribution in [1.82, 2.24) is 0 Å². The van der Waals surface area contributed by atoms with E-state index in [1.54, 1.807) is 0 Å². The first kappa shape index (κ1) is 17.2. The molecule has 0 aromatic heterocycles. The average Bonchev–Trinajstić information content (AvgIpc) is 2.40. The molecule has 1 rings (SSSR count). The van der Waals surface area contributed by atoms with Crippen LogP contribution in [0.5, 0.6) is 0 Å². The molecule has 0 N–H and O–H groups in total. The van der Waals surface area contributed by atoms with Gasteiger partial charge in [-0.2, -0.15) is 0 Å². The molecular weight excluding hydrogens is 216 g/mol. The minimum atomic E-state index is 0.685. The molecule has 0 unspecified atom stereocenters. The molecule has 0 amide bonds. The van der Waals surface area contributed by atoms with Gasteiger partial charge >= 0.3 is 0 Å². The fourth-order valence-electron chi connectivity index (χ4n) is 2.22. The first-order chi connectivity index (χ1) is 8.54. The second kappa shape index (κ2) is 9.19. The van der Waals surface area contributed by atoms with Crippen LogP contribution in [0.3, 0.4) is 0 Å². The minimum absolute atomic E-state index is 0.685. The summed E-state index contributed by atoms with van der Waals surface area (Å²) in [5, 5.41) is 0. The summed E-state index contributed by atoms with van der Waals surface area (Å²) in [6, 6.07) is 9.01. The predicted molar refractivity (Wildman–Crippen MR) is 84.2 cm³/mol. The molecule has 0 saturated heterocycles. The van der Waals surface area contributed by atoms with Crippen molar-refractivity contribution in [2.24, 2.45) is 11.8 Å². The van der Waals surface area contributed by atoms with E-state index < -0.39 is 0 Å². The van der Waals surface area contributed by atoms with Gasteiger partial charge in [-0.1, -0.05) is 77.8 Å². The molecule has 0 aliphatic rings. The summed E-state index contributed by atoms with van der Waals surface area (Å²) in [7, 11) is 0. The third kappa shape index (κ3) is 5.71. The number of hydrogen-bond acceptors (Lipinski definition) is 0. The quantitative estimate of drug-likeness (QED) is 0.582. The summed E-state index contributed by atoms with van der Waals surface area (Å²) in [5.41, 5.74) is 2.84. The monoisotopic (exact) mass is 248 g/mol. The summed E-state index contributed by atoms with van der Waals surface area (Å²) in [6.07, 6.45) is 2.60. The fourth-order valence-corrected chi connectivity index (χ4v) is 2.22. The highest BCUT2D eigenvalue weighted by atomic mass is 14.2.